The number of thiophene rings is 1. The highest BCUT2D eigenvalue weighted by Gasteiger charge is 2.38. The van der Waals surface area contributed by atoms with Crippen LogP contribution in [0.1, 0.15) is 46.0 Å². The number of benzene rings is 1. The summed E-state index contributed by atoms with van der Waals surface area (Å²) in [4.78, 5) is 24.1. The lowest BCUT2D eigenvalue weighted by atomic mass is 10.1. The zero-order valence-corrected chi connectivity index (χ0v) is 24.9. The van der Waals surface area contributed by atoms with Gasteiger partial charge in [-0.1, -0.05) is 0 Å². The van der Waals surface area contributed by atoms with Crippen molar-refractivity contribution < 1.29 is 31.5 Å². The van der Waals surface area contributed by atoms with Crippen LogP contribution in [-0.2, 0) is 16.0 Å². The fraction of sp³-hybridized carbons (Fsp3) is 0.464. The van der Waals surface area contributed by atoms with E-state index in [4.69, 9.17) is 5.11 Å². The number of anilines is 3. The molecule has 1 amide bonds. The van der Waals surface area contributed by atoms with Crippen molar-refractivity contribution in [1.82, 2.24) is 20.2 Å². The zero-order valence-electron chi connectivity index (χ0n) is 23.3. The van der Waals surface area contributed by atoms with Gasteiger partial charge in [0.1, 0.15) is 10.4 Å². The standard InChI is InChI=1S/C28H31F3N6O4S2/c1-36-9-11-43(40,41)23-13-22(42-25(23)26(36)39)24-20(28(29,30)31)14-33-27(35-24)34-21-5-4-18(12-19(21)16-2-3-16)37-8-6-17(15-37)32-7-10-38/h4-5,12-14,16-17,32,38H,2-3,6-11,15H2,1H3,(H,33,34,35). The van der Waals surface area contributed by atoms with E-state index in [0.717, 1.165) is 49.7 Å². The zero-order chi connectivity index (χ0) is 30.5. The van der Waals surface area contributed by atoms with Crippen LogP contribution in [0, 0.1) is 0 Å². The van der Waals surface area contributed by atoms with E-state index in [-0.39, 0.29) is 45.5 Å². The summed E-state index contributed by atoms with van der Waals surface area (Å²) in [5.74, 6) is -0.639. The number of sulfone groups is 1. The number of carbonyl (C=O) groups excluding carboxylic acids is 1. The monoisotopic (exact) mass is 636 g/mol. The molecule has 1 unspecified atom stereocenters. The average Bonchev–Trinajstić information content (AvgIpc) is 3.54. The van der Waals surface area contributed by atoms with Gasteiger partial charge in [-0.25, -0.2) is 18.4 Å². The molecule has 2 aromatic heterocycles. The van der Waals surface area contributed by atoms with Gasteiger partial charge in [0.15, 0.2) is 9.84 Å². The van der Waals surface area contributed by atoms with Crippen LogP contribution in [0.4, 0.5) is 30.5 Å². The molecule has 6 rings (SSSR count). The Morgan fingerprint density at radius 2 is 1.95 bits per heavy atom. The van der Waals surface area contributed by atoms with Crippen molar-refractivity contribution in [2.24, 2.45) is 0 Å². The SMILES string of the molecule is CN1CCS(=O)(=O)c2cc(-c3nc(Nc4ccc(N5CCC(NCCO)C5)cc4C4CC4)ncc3C(F)(F)F)sc2C1=O. The highest BCUT2D eigenvalue weighted by molar-refractivity contribution is 7.91. The third-order valence-corrected chi connectivity index (χ3v) is 11.0. The third-order valence-electron chi connectivity index (χ3n) is 7.99. The minimum Gasteiger partial charge on any atom is -0.395 e. The molecule has 10 nitrogen and oxygen atoms in total. The smallest absolute Gasteiger partial charge is 0.395 e. The summed E-state index contributed by atoms with van der Waals surface area (Å²) >= 11 is 0.687. The molecule has 2 aliphatic heterocycles. The Morgan fingerprint density at radius 3 is 2.67 bits per heavy atom. The van der Waals surface area contributed by atoms with Crippen molar-refractivity contribution in [3.05, 3.63) is 46.5 Å². The molecular weight excluding hydrogens is 605 g/mol. The molecule has 1 aliphatic carbocycles. The van der Waals surface area contributed by atoms with Crippen molar-refractivity contribution >= 4 is 44.4 Å². The van der Waals surface area contributed by atoms with E-state index in [1.54, 1.807) is 0 Å². The van der Waals surface area contributed by atoms with Crippen LogP contribution in [0.5, 0.6) is 0 Å². The van der Waals surface area contributed by atoms with Crippen molar-refractivity contribution in [3.63, 3.8) is 0 Å². The van der Waals surface area contributed by atoms with Gasteiger partial charge in [-0.15, -0.1) is 11.3 Å². The van der Waals surface area contributed by atoms with E-state index in [9.17, 15) is 26.4 Å². The van der Waals surface area contributed by atoms with Crippen LogP contribution < -0.4 is 15.5 Å². The van der Waals surface area contributed by atoms with Crippen molar-refractivity contribution in [2.75, 3.05) is 55.8 Å². The molecule has 15 heteroatoms. The summed E-state index contributed by atoms with van der Waals surface area (Å²) < 4.78 is 68.0. The Kier molecular flexibility index (Phi) is 7.85. The van der Waals surface area contributed by atoms with Crippen molar-refractivity contribution in [3.8, 4) is 10.6 Å². The second-order valence-electron chi connectivity index (χ2n) is 11.1. The molecule has 3 aliphatic rings. The van der Waals surface area contributed by atoms with Gasteiger partial charge in [0, 0.05) is 56.8 Å². The molecule has 4 heterocycles. The fourth-order valence-corrected chi connectivity index (χ4v) is 8.53. The highest BCUT2D eigenvalue weighted by Crippen LogP contribution is 2.46. The van der Waals surface area contributed by atoms with Gasteiger partial charge in [-0.05, 0) is 55.0 Å². The molecule has 1 aromatic carbocycles. The summed E-state index contributed by atoms with van der Waals surface area (Å²) in [5, 5.41) is 15.5. The Hall–Kier alpha value is -3.27. The maximum atomic E-state index is 14.1. The number of fused-ring (bicyclic) bond motifs is 1. The van der Waals surface area contributed by atoms with Gasteiger partial charge in [0.25, 0.3) is 5.91 Å². The van der Waals surface area contributed by atoms with Gasteiger partial charge < -0.3 is 25.5 Å². The number of amides is 1. The molecular formula is C28H31F3N6O4S2. The van der Waals surface area contributed by atoms with Crippen LogP contribution in [0.2, 0.25) is 0 Å². The van der Waals surface area contributed by atoms with Gasteiger partial charge >= 0.3 is 6.18 Å². The molecule has 1 atom stereocenters. The molecule has 230 valence electrons. The van der Waals surface area contributed by atoms with Crippen LogP contribution in [0.3, 0.4) is 0 Å². The van der Waals surface area contributed by atoms with E-state index in [0.29, 0.717) is 35.7 Å². The average molecular weight is 637 g/mol. The number of carbonyl (C=O) groups is 1. The minimum atomic E-state index is -4.81. The van der Waals surface area contributed by atoms with E-state index in [1.807, 2.05) is 12.1 Å². The van der Waals surface area contributed by atoms with E-state index in [2.05, 4.69) is 31.6 Å². The van der Waals surface area contributed by atoms with Crippen LogP contribution in [0.15, 0.2) is 35.4 Å². The fourth-order valence-electron chi connectivity index (χ4n) is 5.49. The number of hydrogen-bond donors (Lipinski definition) is 3. The van der Waals surface area contributed by atoms with Crippen LogP contribution in [-0.4, -0.2) is 85.9 Å². The first-order valence-corrected chi connectivity index (χ1v) is 16.5. The van der Waals surface area contributed by atoms with Gasteiger partial charge in [0.2, 0.25) is 5.95 Å². The molecule has 1 saturated heterocycles. The van der Waals surface area contributed by atoms with Crippen molar-refractivity contribution in [2.45, 2.75) is 42.3 Å². The first-order chi connectivity index (χ1) is 20.4. The summed E-state index contributed by atoms with van der Waals surface area (Å²) in [6, 6.07) is 7.34. The van der Waals surface area contributed by atoms with Gasteiger partial charge in [-0.3, -0.25) is 4.79 Å². The van der Waals surface area contributed by atoms with E-state index in [1.165, 1.54) is 11.9 Å². The van der Waals surface area contributed by atoms with Crippen LogP contribution >= 0.6 is 11.3 Å². The Morgan fingerprint density at radius 1 is 1.16 bits per heavy atom. The quantitative estimate of drug-likeness (QED) is 0.338. The lowest BCUT2D eigenvalue weighted by Crippen LogP contribution is -2.34. The number of alkyl halides is 3. The molecule has 0 spiro atoms. The number of nitrogens with one attached hydrogen (secondary N) is 2. The van der Waals surface area contributed by atoms with E-state index >= 15 is 0 Å². The minimum absolute atomic E-state index is 0.00562. The normalized spacial score (nSPS) is 20.3. The lowest BCUT2D eigenvalue weighted by Gasteiger charge is -2.21. The predicted octanol–water partition coefficient (Wildman–Crippen LogP) is 3.86. The van der Waals surface area contributed by atoms with Crippen molar-refractivity contribution in [1.29, 1.82) is 0 Å². The number of aromatic nitrogens is 2. The lowest BCUT2D eigenvalue weighted by molar-refractivity contribution is -0.137. The Balaban J connectivity index is 1.34. The van der Waals surface area contributed by atoms with E-state index < -0.39 is 33.2 Å². The molecule has 0 radical (unpaired) electrons. The summed E-state index contributed by atoms with van der Waals surface area (Å²) in [7, 11) is -2.42. The van der Waals surface area contributed by atoms with Gasteiger partial charge in [0.05, 0.1) is 27.8 Å². The summed E-state index contributed by atoms with van der Waals surface area (Å²) in [6.07, 6.45) is -1.18. The molecule has 43 heavy (non-hydrogen) atoms. The Bertz CT molecular complexity index is 1660. The number of aliphatic hydroxyl groups excluding tert-OH is 1. The highest BCUT2D eigenvalue weighted by atomic mass is 32.2. The topological polar surface area (TPSA) is 128 Å². The largest absolute Gasteiger partial charge is 0.420 e. The summed E-state index contributed by atoms with van der Waals surface area (Å²) in [6.45, 7) is 2.29. The second kappa shape index (κ2) is 11.3. The molecule has 1 saturated carbocycles. The number of hydrogen-bond acceptors (Lipinski definition) is 10. The third kappa shape index (κ3) is 6.08. The number of halogens is 3. The molecule has 3 aromatic rings. The molecule has 3 N–H and O–H groups in total. The molecule has 2 fully saturated rings. The maximum Gasteiger partial charge on any atom is 0.420 e. The predicted molar refractivity (Wildman–Crippen MR) is 157 cm³/mol. The first-order valence-electron chi connectivity index (χ1n) is 14.0. The number of rotatable bonds is 8. The Labute approximate surface area is 250 Å². The first kappa shape index (κ1) is 29.8. The number of nitrogens with zero attached hydrogens (tertiary/aromatic N) is 4. The van der Waals surface area contributed by atoms with Gasteiger partial charge in [-0.2, -0.15) is 13.2 Å². The van der Waals surface area contributed by atoms with Crippen LogP contribution in [0.25, 0.3) is 10.6 Å². The second-order valence-corrected chi connectivity index (χ2v) is 14.2. The number of aliphatic hydroxyl groups is 1. The molecule has 0 bridgehead atoms. The summed E-state index contributed by atoms with van der Waals surface area (Å²) in [5.41, 5.74) is 1.15. The maximum absolute atomic E-state index is 14.1.